The number of amides is 1. The van der Waals surface area contributed by atoms with Gasteiger partial charge in [-0.1, -0.05) is 0 Å². The lowest BCUT2D eigenvalue weighted by Gasteiger charge is -2.09. The van der Waals surface area contributed by atoms with Crippen molar-refractivity contribution >= 4 is 15.7 Å². The molecule has 0 aromatic carbocycles. The minimum atomic E-state index is -2.98. The summed E-state index contributed by atoms with van der Waals surface area (Å²) in [5.74, 6) is 2.57. The highest BCUT2D eigenvalue weighted by Gasteiger charge is 2.38. The Balaban J connectivity index is 1.49. The lowest BCUT2D eigenvalue weighted by Crippen LogP contribution is -2.28. The van der Waals surface area contributed by atoms with Crippen LogP contribution >= 0.6 is 0 Å². The molecule has 1 saturated heterocycles. The summed E-state index contributed by atoms with van der Waals surface area (Å²) in [5.41, 5.74) is 0.00355. The van der Waals surface area contributed by atoms with Crippen molar-refractivity contribution in [3.8, 4) is 12.3 Å². The Bertz CT molecular complexity index is 799. The van der Waals surface area contributed by atoms with Gasteiger partial charge < -0.3 is 5.32 Å². The van der Waals surface area contributed by atoms with Crippen LogP contribution < -0.4 is 5.32 Å². The fourth-order valence-corrected chi connectivity index (χ4v) is 4.49. The molecule has 0 aliphatic carbocycles. The average molecular weight is 349 g/mol. The summed E-state index contributed by atoms with van der Waals surface area (Å²) < 4.78 is 24.6. The largest absolute Gasteiger partial charge is 0.352 e. The fraction of sp³-hybridized carbons (Fsp3) is 0.600. The molecule has 2 aliphatic heterocycles. The molecule has 0 saturated carbocycles. The number of hydrogen-bond acceptors (Lipinski definition) is 6. The maximum atomic E-state index is 12.1. The summed E-state index contributed by atoms with van der Waals surface area (Å²) in [6.07, 6.45) is 10.8. The van der Waals surface area contributed by atoms with Crippen molar-refractivity contribution in [3.05, 3.63) is 18.0 Å². The molecular weight excluding hydrogens is 330 g/mol. The lowest BCUT2D eigenvalue weighted by atomic mass is 10.0. The van der Waals surface area contributed by atoms with Gasteiger partial charge in [-0.15, -0.1) is 12.3 Å². The molecule has 0 spiro atoms. The van der Waals surface area contributed by atoms with E-state index in [1.54, 1.807) is 10.9 Å². The van der Waals surface area contributed by atoms with Crippen molar-refractivity contribution in [2.45, 2.75) is 37.4 Å². The van der Waals surface area contributed by atoms with Crippen LogP contribution in [0.1, 0.15) is 42.1 Å². The molecule has 2 aliphatic rings. The molecule has 9 heteroatoms. The molecule has 0 radical (unpaired) electrons. The summed E-state index contributed by atoms with van der Waals surface area (Å²) in [4.78, 5) is 12.1. The summed E-state index contributed by atoms with van der Waals surface area (Å²) in [5, 5.41) is 15.0. The van der Waals surface area contributed by atoms with Crippen LogP contribution in [-0.4, -0.2) is 47.8 Å². The van der Waals surface area contributed by atoms with Gasteiger partial charge in [0.05, 0.1) is 29.3 Å². The van der Waals surface area contributed by atoms with Crippen molar-refractivity contribution < 1.29 is 13.2 Å². The number of carbonyl (C=O) groups excluding carboxylic acids is 1. The molecule has 8 nitrogen and oxygen atoms in total. The smallest absolute Gasteiger partial charge is 0.254 e. The molecule has 3 rings (SSSR count). The van der Waals surface area contributed by atoms with Crippen LogP contribution in [-0.2, 0) is 9.84 Å². The summed E-state index contributed by atoms with van der Waals surface area (Å²) in [6, 6.07) is -0.187. The van der Waals surface area contributed by atoms with Gasteiger partial charge in [-0.25, -0.2) is 8.42 Å². The van der Waals surface area contributed by atoms with E-state index < -0.39 is 15.5 Å². The van der Waals surface area contributed by atoms with Gasteiger partial charge in [0.15, 0.2) is 15.5 Å². The zero-order valence-corrected chi connectivity index (χ0v) is 14.0. The molecule has 1 N–H and O–H groups in total. The molecular formula is C15H19N5O3S. The first-order valence-corrected chi connectivity index (χ1v) is 9.65. The van der Waals surface area contributed by atoms with Gasteiger partial charge in [0.2, 0.25) is 0 Å². The first-order chi connectivity index (χ1) is 11.4. The second kappa shape index (κ2) is 6.36. The normalized spacial score (nSPS) is 22.9. The van der Waals surface area contributed by atoms with E-state index in [1.807, 2.05) is 0 Å². The maximum Gasteiger partial charge on any atom is 0.254 e. The molecule has 3 heterocycles. The monoisotopic (exact) mass is 349 g/mol. The minimum absolute atomic E-state index is 0.0798. The minimum Gasteiger partial charge on any atom is -0.352 e. The second-order valence-electron chi connectivity index (χ2n) is 6.16. The van der Waals surface area contributed by atoms with Crippen LogP contribution in [0.25, 0.3) is 0 Å². The van der Waals surface area contributed by atoms with E-state index in [0.29, 0.717) is 37.8 Å². The highest BCUT2D eigenvalue weighted by Crippen LogP contribution is 2.36. The number of sulfone groups is 1. The van der Waals surface area contributed by atoms with Crippen molar-refractivity contribution in [1.29, 1.82) is 0 Å². The number of nitrogens with zero attached hydrogens (tertiary/aromatic N) is 4. The average Bonchev–Trinajstić information content (AvgIpc) is 2.96. The molecule has 1 unspecified atom stereocenters. The number of nitrogens with one attached hydrogen (secondary N) is 1. The molecule has 24 heavy (non-hydrogen) atoms. The molecule has 1 aromatic heterocycles. The topological polar surface area (TPSA) is 106 Å². The SMILES string of the molecule is C#CCCC1(CCNC(=O)c2cnn(C3CCS(=O)(=O)C3)c2)N=N1. The Morgan fingerprint density at radius 3 is 2.88 bits per heavy atom. The third-order valence-electron chi connectivity index (χ3n) is 4.31. The first-order valence-electron chi connectivity index (χ1n) is 7.83. The fourth-order valence-electron chi connectivity index (χ4n) is 2.79. The second-order valence-corrected chi connectivity index (χ2v) is 8.39. The zero-order chi connectivity index (χ0) is 17.2. The van der Waals surface area contributed by atoms with Crippen molar-refractivity contribution in [3.63, 3.8) is 0 Å². The Morgan fingerprint density at radius 1 is 1.46 bits per heavy atom. The van der Waals surface area contributed by atoms with E-state index in [9.17, 15) is 13.2 Å². The molecule has 1 atom stereocenters. The summed E-state index contributed by atoms with van der Waals surface area (Å²) in [7, 11) is -2.98. The maximum absolute atomic E-state index is 12.1. The Kier molecular flexibility index (Phi) is 4.41. The van der Waals surface area contributed by atoms with E-state index in [-0.39, 0.29) is 23.5 Å². The number of aromatic nitrogens is 2. The molecule has 0 bridgehead atoms. The van der Waals surface area contributed by atoms with Crippen molar-refractivity contribution in [1.82, 2.24) is 15.1 Å². The van der Waals surface area contributed by atoms with Gasteiger partial charge in [0.25, 0.3) is 5.91 Å². The van der Waals surface area contributed by atoms with Crippen LogP contribution in [0.5, 0.6) is 0 Å². The van der Waals surface area contributed by atoms with Gasteiger partial charge in [0, 0.05) is 32.0 Å². The van der Waals surface area contributed by atoms with Crippen LogP contribution in [0.4, 0.5) is 0 Å². The highest BCUT2D eigenvalue weighted by atomic mass is 32.2. The van der Waals surface area contributed by atoms with Gasteiger partial charge in [-0.05, 0) is 6.42 Å². The Labute approximate surface area is 140 Å². The number of carbonyl (C=O) groups is 1. The van der Waals surface area contributed by atoms with Crippen molar-refractivity contribution in [2.75, 3.05) is 18.1 Å². The number of terminal acetylenes is 1. The molecule has 1 amide bonds. The number of hydrogen-bond donors (Lipinski definition) is 1. The predicted octanol–water partition coefficient (Wildman–Crippen LogP) is 0.938. The highest BCUT2D eigenvalue weighted by molar-refractivity contribution is 7.91. The standard InChI is InChI=1S/C15H19N5O3S/c1-2-3-5-15(18-19-15)6-7-16-14(21)12-9-17-20(10-12)13-4-8-24(22,23)11-13/h1,9-10,13H,3-8,11H2,(H,16,21). The Hall–Kier alpha value is -2.21. The third kappa shape index (κ3) is 3.82. The lowest BCUT2D eigenvalue weighted by molar-refractivity contribution is 0.0951. The van der Waals surface area contributed by atoms with Crippen LogP contribution in [0.3, 0.4) is 0 Å². The molecule has 1 fully saturated rings. The summed E-state index contributed by atoms with van der Waals surface area (Å²) >= 11 is 0. The van der Waals surface area contributed by atoms with Crippen LogP contribution in [0.2, 0.25) is 0 Å². The van der Waals surface area contributed by atoms with Gasteiger partial charge in [0.1, 0.15) is 0 Å². The van der Waals surface area contributed by atoms with Gasteiger partial charge >= 0.3 is 0 Å². The van der Waals surface area contributed by atoms with E-state index in [4.69, 9.17) is 6.42 Å². The van der Waals surface area contributed by atoms with Crippen molar-refractivity contribution in [2.24, 2.45) is 10.2 Å². The van der Waals surface area contributed by atoms with E-state index in [1.165, 1.54) is 6.20 Å². The molecule has 128 valence electrons. The predicted molar refractivity (Wildman–Crippen MR) is 87.1 cm³/mol. The summed E-state index contributed by atoms with van der Waals surface area (Å²) in [6.45, 7) is 0.444. The van der Waals surface area contributed by atoms with E-state index in [0.717, 1.165) is 0 Å². The zero-order valence-electron chi connectivity index (χ0n) is 13.2. The van der Waals surface area contributed by atoms with Gasteiger partial charge in [-0.3, -0.25) is 9.48 Å². The van der Waals surface area contributed by atoms with E-state index >= 15 is 0 Å². The van der Waals surface area contributed by atoms with E-state index in [2.05, 4.69) is 26.6 Å². The quantitative estimate of drug-likeness (QED) is 0.739. The van der Waals surface area contributed by atoms with Gasteiger partial charge in [-0.2, -0.15) is 15.3 Å². The third-order valence-corrected chi connectivity index (χ3v) is 6.06. The van der Waals surface area contributed by atoms with Crippen LogP contribution in [0, 0.1) is 12.3 Å². The Morgan fingerprint density at radius 2 is 2.25 bits per heavy atom. The number of rotatable bonds is 7. The first kappa shape index (κ1) is 16.6. The molecule has 1 aromatic rings. The van der Waals surface area contributed by atoms with Crippen LogP contribution in [0.15, 0.2) is 22.6 Å².